The summed E-state index contributed by atoms with van der Waals surface area (Å²) in [5.41, 5.74) is 25.2. The summed E-state index contributed by atoms with van der Waals surface area (Å²) in [6.07, 6.45) is 1.90. The zero-order valence-corrected chi connectivity index (χ0v) is 73.9. The molecule has 8 aromatic carbocycles. The lowest BCUT2D eigenvalue weighted by atomic mass is 9.85. The SMILES string of the molecule is CC.CC.CC.CC.CC.CC.CC.CC(C)c1ccc2c(c1)NCC=N2.Cc1ccc(C(C)(C)C)cc1.Cc1ccc(C(C)(C)C)cc1C.Cc1ccc(C(C)C)cc1.Cc1ccc(C(C)C)cc1.Cc1cccc(C(C)(C)C)c1.Cc1cccc(C(C)C)c1.Cc1cccc(C(C)C)c1. The maximum absolute atomic E-state index is 4.31. The molecular formula is C99H162N2. The Labute approximate surface area is 631 Å². The number of aryl methyl sites for hydroxylation is 8. The second-order valence-electron chi connectivity index (χ2n) is 28.7. The van der Waals surface area contributed by atoms with Crippen molar-refractivity contribution >= 4 is 17.6 Å². The number of hydrogen-bond donors (Lipinski definition) is 1. The Kier molecular flexibility index (Phi) is 63.3. The highest BCUT2D eigenvalue weighted by Crippen LogP contribution is 2.31. The van der Waals surface area contributed by atoms with E-state index < -0.39 is 0 Å². The van der Waals surface area contributed by atoms with Crippen molar-refractivity contribution in [3.8, 4) is 0 Å². The van der Waals surface area contributed by atoms with E-state index in [1.54, 1.807) is 0 Å². The average Bonchev–Trinajstić information content (AvgIpc) is 0.857. The predicted molar refractivity (Wildman–Crippen MR) is 472 cm³/mol. The topological polar surface area (TPSA) is 24.4 Å². The molecule has 568 valence electrons. The molecule has 0 amide bonds. The van der Waals surface area contributed by atoms with Crippen LogP contribution in [0.15, 0.2) is 187 Å². The Hall–Kier alpha value is -6.77. The van der Waals surface area contributed by atoms with Crippen molar-refractivity contribution in [2.45, 2.75) is 330 Å². The minimum Gasteiger partial charge on any atom is -0.378 e. The van der Waals surface area contributed by atoms with Crippen LogP contribution in [0.25, 0.3) is 0 Å². The molecule has 0 bridgehead atoms. The van der Waals surface area contributed by atoms with Gasteiger partial charge in [-0.3, -0.25) is 4.99 Å². The van der Waals surface area contributed by atoms with Crippen LogP contribution in [0.3, 0.4) is 0 Å². The third-order valence-electron chi connectivity index (χ3n) is 15.4. The van der Waals surface area contributed by atoms with Gasteiger partial charge in [0.25, 0.3) is 0 Å². The summed E-state index contributed by atoms with van der Waals surface area (Å²) in [5.74, 6) is 3.19. The Bertz CT molecular complexity index is 3110. The number of rotatable bonds is 5. The fraction of sp³-hybridized carbons (Fsp3) is 0.505. The monoisotopic (exact) mass is 1380 g/mol. The second-order valence-corrected chi connectivity index (χ2v) is 28.7. The molecular weight excluding hydrogens is 1220 g/mol. The van der Waals surface area contributed by atoms with Crippen LogP contribution < -0.4 is 5.32 Å². The molecule has 0 radical (unpaired) electrons. The Morgan fingerprint density at radius 1 is 0.267 bits per heavy atom. The first kappa shape index (κ1) is 105. The minimum atomic E-state index is 0.276. The summed E-state index contributed by atoms with van der Waals surface area (Å²) in [6.45, 7) is 88.2. The van der Waals surface area contributed by atoms with Crippen molar-refractivity contribution in [3.63, 3.8) is 0 Å². The van der Waals surface area contributed by atoms with Crippen LogP contribution in [0.1, 0.15) is 347 Å². The zero-order valence-electron chi connectivity index (χ0n) is 73.9. The zero-order chi connectivity index (χ0) is 79.8. The van der Waals surface area contributed by atoms with Crippen LogP contribution in [0.2, 0.25) is 0 Å². The lowest BCUT2D eigenvalue weighted by Gasteiger charge is -2.19. The van der Waals surface area contributed by atoms with Crippen molar-refractivity contribution in [3.05, 3.63) is 271 Å². The van der Waals surface area contributed by atoms with Crippen LogP contribution >= 0.6 is 0 Å². The molecule has 1 N–H and O–H groups in total. The molecule has 0 atom stereocenters. The van der Waals surface area contributed by atoms with E-state index in [4.69, 9.17) is 0 Å². The van der Waals surface area contributed by atoms with Gasteiger partial charge in [0.05, 0.1) is 17.9 Å². The molecule has 0 saturated carbocycles. The van der Waals surface area contributed by atoms with Crippen LogP contribution in [0, 0.1) is 55.4 Å². The number of fused-ring (bicyclic) bond motifs is 1. The van der Waals surface area contributed by atoms with Gasteiger partial charge in [-0.15, -0.1) is 0 Å². The average molecular weight is 1380 g/mol. The largest absolute Gasteiger partial charge is 0.378 e. The van der Waals surface area contributed by atoms with E-state index in [1.807, 2.05) is 103 Å². The molecule has 0 fully saturated rings. The van der Waals surface area contributed by atoms with Crippen LogP contribution in [-0.2, 0) is 16.2 Å². The highest BCUT2D eigenvalue weighted by molar-refractivity contribution is 5.80. The van der Waals surface area contributed by atoms with E-state index in [1.165, 1.54) is 89.0 Å². The van der Waals surface area contributed by atoms with E-state index in [0.29, 0.717) is 29.6 Å². The smallest absolute Gasteiger partial charge is 0.0858 e. The fourth-order valence-electron chi connectivity index (χ4n) is 8.80. The van der Waals surface area contributed by atoms with Crippen molar-refractivity contribution < 1.29 is 0 Å². The van der Waals surface area contributed by atoms with Gasteiger partial charge in [0.1, 0.15) is 0 Å². The standard InChI is InChI=1S/C12H18.C11H14N2.2C11H16.4C10H14.7C2H6/c1-9-6-7-11(8-10(9)2)12(3,4)5;1-8(2)9-3-4-10-11(7-9)13-6-5-12-10;1-9-5-7-10(8-6-9)11(2,3)4;1-9-6-5-7-10(8-9)11(2,3)4;2*1-8(2)10-6-4-9(3)5-7-10;2*1-8(2)10-6-4-5-9(3)7-10;7*1-2/h6-8H,1-5H3;3-5,7-8,13H,6H2,1-2H3;2*5-8H,1-4H3;4*4-8H,1-3H3;7*1-2H3. The lowest BCUT2D eigenvalue weighted by molar-refractivity contribution is 0.589. The fourth-order valence-corrected chi connectivity index (χ4v) is 8.80. The van der Waals surface area contributed by atoms with Crippen molar-refractivity contribution in [1.82, 2.24) is 0 Å². The molecule has 2 heteroatoms. The third kappa shape index (κ3) is 50.3. The second kappa shape index (κ2) is 60.8. The highest BCUT2D eigenvalue weighted by Gasteiger charge is 2.15. The summed E-state index contributed by atoms with van der Waals surface area (Å²) in [5, 5.41) is 3.31. The van der Waals surface area contributed by atoms with Gasteiger partial charge in [0, 0.05) is 6.21 Å². The summed E-state index contributed by atoms with van der Waals surface area (Å²) < 4.78 is 0. The Morgan fingerprint density at radius 3 is 0.842 bits per heavy atom. The van der Waals surface area contributed by atoms with Gasteiger partial charge in [0.2, 0.25) is 0 Å². The van der Waals surface area contributed by atoms with E-state index in [9.17, 15) is 0 Å². The molecule has 1 heterocycles. The molecule has 0 saturated heterocycles. The maximum Gasteiger partial charge on any atom is 0.0858 e. The number of aliphatic imine (C=N–C) groups is 1. The Morgan fingerprint density at radius 2 is 0.554 bits per heavy atom. The van der Waals surface area contributed by atoms with Crippen LogP contribution in [-0.4, -0.2) is 12.8 Å². The van der Waals surface area contributed by atoms with Crippen LogP contribution in [0.5, 0.6) is 0 Å². The number of benzene rings is 8. The van der Waals surface area contributed by atoms with Gasteiger partial charge < -0.3 is 5.32 Å². The molecule has 9 rings (SSSR count). The molecule has 8 aromatic rings. The van der Waals surface area contributed by atoms with E-state index in [-0.39, 0.29) is 16.2 Å². The quantitative estimate of drug-likeness (QED) is 0.182. The van der Waals surface area contributed by atoms with Gasteiger partial charge in [-0.2, -0.15) is 0 Å². The number of anilines is 1. The van der Waals surface area contributed by atoms with E-state index in [2.05, 4.69) is 379 Å². The molecule has 101 heavy (non-hydrogen) atoms. The summed E-state index contributed by atoms with van der Waals surface area (Å²) in [7, 11) is 0. The van der Waals surface area contributed by atoms with Gasteiger partial charge >= 0.3 is 0 Å². The van der Waals surface area contributed by atoms with E-state index in [0.717, 1.165) is 17.9 Å². The number of nitrogens with one attached hydrogen (secondary N) is 1. The van der Waals surface area contributed by atoms with Gasteiger partial charge in [0.15, 0.2) is 0 Å². The minimum absolute atomic E-state index is 0.276. The third-order valence-corrected chi connectivity index (χ3v) is 15.4. The first-order chi connectivity index (χ1) is 47.5. The summed E-state index contributed by atoms with van der Waals surface area (Å²) in [4.78, 5) is 4.31. The lowest BCUT2D eigenvalue weighted by Crippen LogP contribution is -2.11. The first-order valence-electron chi connectivity index (χ1n) is 39.4. The summed E-state index contributed by atoms with van der Waals surface area (Å²) in [6, 6.07) is 65.3. The van der Waals surface area contributed by atoms with E-state index >= 15 is 0 Å². The van der Waals surface area contributed by atoms with Crippen LogP contribution in [0.4, 0.5) is 11.4 Å². The molecule has 0 aromatic heterocycles. The molecule has 0 spiro atoms. The maximum atomic E-state index is 4.31. The van der Waals surface area contributed by atoms with Gasteiger partial charge in [-0.1, -0.05) is 432 Å². The van der Waals surface area contributed by atoms with Gasteiger partial charge in [-0.25, -0.2) is 0 Å². The summed E-state index contributed by atoms with van der Waals surface area (Å²) >= 11 is 0. The molecule has 0 aliphatic carbocycles. The van der Waals surface area contributed by atoms with Crippen molar-refractivity contribution in [2.75, 3.05) is 11.9 Å². The highest BCUT2D eigenvalue weighted by atomic mass is 15.0. The van der Waals surface area contributed by atoms with Crippen molar-refractivity contribution in [2.24, 2.45) is 4.99 Å². The normalized spacial score (nSPS) is 10.3. The van der Waals surface area contributed by atoms with Gasteiger partial charge in [-0.05, 0) is 169 Å². The Balaban J connectivity index is -0.000000249. The molecule has 1 aliphatic rings. The van der Waals surface area contributed by atoms with Crippen molar-refractivity contribution in [1.29, 1.82) is 0 Å². The molecule has 1 aliphatic heterocycles. The number of nitrogens with zero attached hydrogens (tertiary/aromatic N) is 1. The number of hydrogen-bond acceptors (Lipinski definition) is 2. The molecule has 0 unspecified atom stereocenters. The first-order valence-corrected chi connectivity index (χ1v) is 39.4. The molecule has 2 nitrogen and oxygen atoms in total. The predicted octanol–water partition coefficient (Wildman–Crippen LogP) is 32.8.